The van der Waals surface area contributed by atoms with E-state index < -0.39 is 67.3 Å². The van der Waals surface area contributed by atoms with Gasteiger partial charge in [0.15, 0.2) is 6.29 Å². The summed E-state index contributed by atoms with van der Waals surface area (Å²) in [5, 5.41) is 46.4. The fourth-order valence-corrected chi connectivity index (χ4v) is 3.76. The first kappa shape index (κ1) is 27.7. The van der Waals surface area contributed by atoms with Crippen molar-refractivity contribution in [3.05, 3.63) is 0 Å². The summed E-state index contributed by atoms with van der Waals surface area (Å²) < 4.78 is 17.0. The minimum absolute atomic E-state index is 0.164. The molecule has 0 saturated carbocycles. The van der Waals surface area contributed by atoms with Crippen LogP contribution in [0.25, 0.3) is 0 Å². The first-order chi connectivity index (χ1) is 14.5. The molecule has 9 atom stereocenters. The third-order valence-corrected chi connectivity index (χ3v) is 5.43. The van der Waals surface area contributed by atoms with E-state index in [2.05, 4.69) is 10.6 Å². The van der Waals surface area contributed by atoms with Crippen LogP contribution in [0.1, 0.15) is 34.6 Å². The molecule has 182 valence electrons. The van der Waals surface area contributed by atoms with Gasteiger partial charge in [0.1, 0.15) is 30.5 Å². The van der Waals surface area contributed by atoms with E-state index in [0.29, 0.717) is 0 Å². The van der Waals surface area contributed by atoms with Gasteiger partial charge in [-0.2, -0.15) is 0 Å². The molecule has 0 aromatic heterocycles. The van der Waals surface area contributed by atoms with E-state index in [0.717, 1.165) is 0 Å². The van der Waals surface area contributed by atoms with Gasteiger partial charge in [0.25, 0.3) is 0 Å². The number of nitrogens with one attached hydrogen (secondary N) is 2. The van der Waals surface area contributed by atoms with Gasteiger partial charge in [0.2, 0.25) is 11.8 Å². The van der Waals surface area contributed by atoms with E-state index in [1.54, 1.807) is 6.92 Å². The Morgan fingerprint density at radius 3 is 2.16 bits per heavy atom. The quantitative estimate of drug-likeness (QED) is 0.211. The number of aliphatic hydroxyl groups is 4. The van der Waals surface area contributed by atoms with E-state index in [9.17, 15) is 30.0 Å². The number of amides is 2. The molecule has 1 aliphatic rings. The second kappa shape index (κ2) is 12.6. The van der Waals surface area contributed by atoms with Crippen LogP contribution in [0, 0.1) is 11.8 Å². The average molecular weight is 451 g/mol. The van der Waals surface area contributed by atoms with Gasteiger partial charge in [-0.25, -0.2) is 0 Å². The average Bonchev–Trinajstić information content (AvgIpc) is 2.70. The predicted molar refractivity (Wildman–Crippen MR) is 110 cm³/mol. The molecule has 31 heavy (non-hydrogen) atoms. The molecule has 0 spiro atoms. The minimum Gasteiger partial charge on any atom is -0.396 e. The lowest BCUT2D eigenvalue weighted by molar-refractivity contribution is -0.298. The normalized spacial score (nSPS) is 30.4. The van der Waals surface area contributed by atoms with Gasteiger partial charge >= 0.3 is 0 Å². The lowest BCUT2D eigenvalue weighted by Crippen LogP contribution is -2.66. The highest BCUT2D eigenvalue weighted by molar-refractivity contribution is 5.73. The van der Waals surface area contributed by atoms with Gasteiger partial charge in [-0.3, -0.25) is 9.59 Å². The first-order valence-electron chi connectivity index (χ1n) is 10.4. The monoisotopic (exact) mass is 450 g/mol. The molecule has 0 aromatic carbocycles. The van der Waals surface area contributed by atoms with E-state index in [-0.39, 0.29) is 18.4 Å². The van der Waals surface area contributed by atoms with Crippen molar-refractivity contribution in [2.24, 2.45) is 11.8 Å². The van der Waals surface area contributed by atoms with Gasteiger partial charge in [0, 0.05) is 33.5 Å². The Labute approximate surface area is 183 Å². The van der Waals surface area contributed by atoms with E-state index in [4.69, 9.17) is 14.2 Å². The Balaban J connectivity index is 3.24. The number of ether oxygens (including phenoxy) is 3. The summed E-state index contributed by atoms with van der Waals surface area (Å²) in [6, 6.07) is -1.76. The van der Waals surface area contributed by atoms with Crippen LogP contribution in [0.5, 0.6) is 0 Å². The summed E-state index contributed by atoms with van der Waals surface area (Å²) >= 11 is 0. The molecule has 11 heteroatoms. The molecule has 0 radical (unpaired) electrons. The van der Waals surface area contributed by atoms with Crippen LogP contribution in [0.4, 0.5) is 0 Å². The Hall–Kier alpha value is -1.34. The summed E-state index contributed by atoms with van der Waals surface area (Å²) in [5.41, 5.74) is 0. The summed E-state index contributed by atoms with van der Waals surface area (Å²) in [6.07, 6.45) is -6.69. The molecular weight excluding hydrogens is 412 g/mol. The topological polar surface area (TPSA) is 167 Å². The standard InChI is InChI=1S/C20H38N2O9/c1-9(2)14(21-11(4)25)16(27)18(10(3)7-23)31-20-15(22-12(5)26)17(28)19(29-6)13(8-24)30-20/h9-10,13-20,23-24,27-28H,7-8H2,1-6H3,(H,21,25)(H,22,26)/t10?,13?,14?,15?,16?,17?,18?,19-,20+/m1/s1. The van der Waals surface area contributed by atoms with Crippen LogP contribution in [0.2, 0.25) is 0 Å². The number of methoxy groups -OCH3 is 1. The Morgan fingerprint density at radius 1 is 1.13 bits per heavy atom. The van der Waals surface area contributed by atoms with Crippen LogP contribution in [-0.2, 0) is 23.8 Å². The van der Waals surface area contributed by atoms with Gasteiger partial charge in [-0.05, 0) is 5.92 Å². The molecular formula is C20H38N2O9. The molecule has 2 amide bonds. The van der Waals surface area contributed by atoms with Crippen molar-refractivity contribution in [3.63, 3.8) is 0 Å². The van der Waals surface area contributed by atoms with E-state index >= 15 is 0 Å². The molecule has 1 aliphatic heterocycles. The highest BCUT2D eigenvalue weighted by atomic mass is 16.7. The number of hydrogen-bond acceptors (Lipinski definition) is 9. The zero-order valence-electron chi connectivity index (χ0n) is 19.0. The van der Waals surface area contributed by atoms with Gasteiger partial charge in [0.05, 0.1) is 18.8 Å². The van der Waals surface area contributed by atoms with Crippen molar-refractivity contribution in [1.29, 1.82) is 0 Å². The third-order valence-electron chi connectivity index (χ3n) is 5.43. The number of rotatable bonds is 11. The van der Waals surface area contributed by atoms with Gasteiger partial charge < -0.3 is 45.3 Å². The van der Waals surface area contributed by atoms with Crippen molar-refractivity contribution >= 4 is 11.8 Å². The number of aliphatic hydroxyl groups excluding tert-OH is 4. The van der Waals surface area contributed by atoms with Crippen molar-refractivity contribution in [3.8, 4) is 0 Å². The zero-order chi connectivity index (χ0) is 23.9. The number of hydrogen-bond donors (Lipinski definition) is 6. The second-order valence-corrected chi connectivity index (χ2v) is 8.36. The summed E-state index contributed by atoms with van der Waals surface area (Å²) in [7, 11) is 1.34. The molecule has 0 bridgehead atoms. The smallest absolute Gasteiger partial charge is 0.217 e. The molecule has 1 rings (SSSR count). The van der Waals surface area contributed by atoms with Crippen LogP contribution in [-0.4, -0.2) is 101 Å². The molecule has 0 aromatic rings. The van der Waals surface area contributed by atoms with Gasteiger partial charge in [-0.1, -0.05) is 20.8 Å². The molecule has 1 saturated heterocycles. The third kappa shape index (κ3) is 7.35. The van der Waals surface area contributed by atoms with Crippen molar-refractivity contribution in [1.82, 2.24) is 10.6 Å². The first-order valence-corrected chi connectivity index (χ1v) is 10.4. The Bertz CT molecular complexity index is 577. The molecule has 1 fully saturated rings. The molecule has 6 N–H and O–H groups in total. The number of carbonyl (C=O) groups excluding carboxylic acids is 2. The Morgan fingerprint density at radius 2 is 1.74 bits per heavy atom. The molecule has 11 nitrogen and oxygen atoms in total. The Kier molecular flexibility index (Phi) is 11.3. The van der Waals surface area contributed by atoms with Crippen LogP contribution in [0.3, 0.4) is 0 Å². The van der Waals surface area contributed by atoms with Crippen molar-refractivity contribution in [2.75, 3.05) is 20.3 Å². The molecule has 7 unspecified atom stereocenters. The van der Waals surface area contributed by atoms with Gasteiger partial charge in [-0.15, -0.1) is 0 Å². The highest BCUT2D eigenvalue weighted by Crippen LogP contribution is 2.28. The van der Waals surface area contributed by atoms with E-state index in [1.807, 2.05) is 13.8 Å². The summed E-state index contributed by atoms with van der Waals surface area (Å²) in [6.45, 7) is 7.05. The fourth-order valence-electron chi connectivity index (χ4n) is 3.76. The predicted octanol–water partition coefficient (Wildman–Crippen LogP) is -1.88. The van der Waals surface area contributed by atoms with Crippen LogP contribution < -0.4 is 10.6 Å². The van der Waals surface area contributed by atoms with Crippen LogP contribution in [0.15, 0.2) is 0 Å². The zero-order valence-corrected chi connectivity index (χ0v) is 19.0. The second-order valence-electron chi connectivity index (χ2n) is 8.36. The minimum atomic E-state index is -1.27. The fraction of sp³-hybridized carbons (Fsp3) is 0.900. The van der Waals surface area contributed by atoms with Crippen molar-refractivity contribution in [2.45, 2.75) is 83.5 Å². The van der Waals surface area contributed by atoms with Crippen molar-refractivity contribution < 1.29 is 44.2 Å². The SMILES string of the molecule is CO[C@@H]1C(CO)O[C@@H](OC(C(C)CO)C(O)C(NC(C)=O)C(C)C)C(NC(C)=O)C1O. The lowest BCUT2D eigenvalue weighted by Gasteiger charge is -2.46. The van der Waals surface area contributed by atoms with Crippen LogP contribution >= 0.6 is 0 Å². The summed E-state index contributed by atoms with van der Waals surface area (Å²) in [5.74, 6) is -1.54. The maximum Gasteiger partial charge on any atom is 0.217 e. The van der Waals surface area contributed by atoms with E-state index in [1.165, 1.54) is 21.0 Å². The largest absolute Gasteiger partial charge is 0.396 e. The maximum absolute atomic E-state index is 11.7. The number of carbonyl (C=O) groups is 2. The summed E-state index contributed by atoms with van der Waals surface area (Å²) in [4.78, 5) is 23.3. The highest BCUT2D eigenvalue weighted by Gasteiger charge is 2.48. The maximum atomic E-state index is 11.7. The molecule has 0 aliphatic carbocycles. The molecule has 1 heterocycles. The lowest BCUT2D eigenvalue weighted by atomic mass is 9.89.